The number of carbonyl (C=O) groups excluding carboxylic acids is 1. The molecular weight excluding hydrogens is 246 g/mol. The maximum Gasteiger partial charge on any atom is 0.340 e. The van der Waals surface area contributed by atoms with Crippen molar-refractivity contribution < 1.29 is 19.7 Å². The lowest BCUT2D eigenvalue weighted by Gasteiger charge is -2.32. The monoisotopic (exact) mass is 265 g/mol. The van der Waals surface area contributed by atoms with Gasteiger partial charge in [0, 0.05) is 18.8 Å². The van der Waals surface area contributed by atoms with E-state index in [4.69, 9.17) is 9.84 Å². The van der Waals surface area contributed by atoms with Crippen LogP contribution < -0.4 is 4.90 Å². The molecule has 1 heterocycles. The maximum absolute atomic E-state index is 11.7. The summed E-state index contributed by atoms with van der Waals surface area (Å²) in [6, 6.07) is 7.05. The topological polar surface area (TPSA) is 70.0 Å². The molecule has 1 aliphatic heterocycles. The van der Waals surface area contributed by atoms with Crippen molar-refractivity contribution in [2.75, 3.05) is 18.0 Å². The molecule has 1 saturated heterocycles. The molecule has 0 bridgehead atoms. The highest BCUT2D eigenvalue weighted by Crippen LogP contribution is 2.21. The SMILES string of the molecule is CC(O)OC(=O)c1cccc(N2CCCC(O)C2)c1. The number of rotatable bonds is 3. The molecule has 0 radical (unpaired) electrons. The Morgan fingerprint density at radius 1 is 1.53 bits per heavy atom. The largest absolute Gasteiger partial charge is 0.433 e. The van der Waals surface area contributed by atoms with Crippen molar-refractivity contribution in [3.05, 3.63) is 29.8 Å². The summed E-state index contributed by atoms with van der Waals surface area (Å²) >= 11 is 0. The number of aliphatic hydroxyl groups is 2. The Morgan fingerprint density at radius 2 is 2.32 bits per heavy atom. The molecule has 0 spiro atoms. The first-order valence-corrected chi connectivity index (χ1v) is 6.48. The highest BCUT2D eigenvalue weighted by molar-refractivity contribution is 5.90. The zero-order chi connectivity index (χ0) is 13.8. The van der Waals surface area contributed by atoms with Crippen molar-refractivity contribution >= 4 is 11.7 Å². The normalized spacial score (nSPS) is 21.0. The second-order valence-corrected chi connectivity index (χ2v) is 4.80. The summed E-state index contributed by atoms with van der Waals surface area (Å²) in [5.41, 5.74) is 1.29. The Hall–Kier alpha value is -1.59. The van der Waals surface area contributed by atoms with Crippen LogP contribution in [0.25, 0.3) is 0 Å². The van der Waals surface area contributed by atoms with E-state index in [0.29, 0.717) is 12.1 Å². The number of hydrogen-bond acceptors (Lipinski definition) is 5. The molecule has 2 unspecified atom stereocenters. The van der Waals surface area contributed by atoms with Gasteiger partial charge in [-0.05, 0) is 38.0 Å². The van der Waals surface area contributed by atoms with Gasteiger partial charge in [-0.25, -0.2) is 4.79 Å². The highest BCUT2D eigenvalue weighted by Gasteiger charge is 2.19. The van der Waals surface area contributed by atoms with Gasteiger partial charge in [0.1, 0.15) is 0 Å². The number of ether oxygens (including phenoxy) is 1. The lowest BCUT2D eigenvalue weighted by molar-refractivity contribution is -0.0523. The van der Waals surface area contributed by atoms with Gasteiger partial charge in [0.15, 0.2) is 6.29 Å². The molecular formula is C14H19NO4. The number of nitrogens with zero attached hydrogens (tertiary/aromatic N) is 1. The molecule has 104 valence electrons. The lowest BCUT2D eigenvalue weighted by Crippen LogP contribution is -2.38. The van der Waals surface area contributed by atoms with Crippen LogP contribution in [0.1, 0.15) is 30.1 Å². The fraction of sp³-hybridized carbons (Fsp3) is 0.500. The van der Waals surface area contributed by atoms with Crippen LogP contribution in [0, 0.1) is 0 Å². The smallest absolute Gasteiger partial charge is 0.340 e. The van der Waals surface area contributed by atoms with E-state index in [2.05, 4.69) is 0 Å². The molecule has 0 saturated carbocycles. The molecule has 0 amide bonds. The van der Waals surface area contributed by atoms with Gasteiger partial charge >= 0.3 is 5.97 Å². The van der Waals surface area contributed by atoms with Crippen molar-refractivity contribution in [2.45, 2.75) is 32.2 Å². The number of benzene rings is 1. The molecule has 2 rings (SSSR count). The Kier molecular flexibility index (Phi) is 4.39. The van der Waals surface area contributed by atoms with Gasteiger partial charge < -0.3 is 19.8 Å². The lowest BCUT2D eigenvalue weighted by atomic mass is 10.1. The van der Waals surface area contributed by atoms with E-state index in [-0.39, 0.29) is 6.10 Å². The molecule has 2 atom stereocenters. The quantitative estimate of drug-likeness (QED) is 0.633. The first-order valence-electron chi connectivity index (χ1n) is 6.48. The van der Waals surface area contributed by atoms with Gasteiger partial charge in [-0.15, -0.1) is 0 Å². The molecule has 1 aromatic rings. The molecule has 19 heavy (non-hydrogen) atoms. The Balaban J connectivity index is 2.12. The molecule has 1 aliphatic rings. The van der Waals surface area contributed by atoms with Crippen LogP contribution in [-0.2, 0) is 4.74 Å². The van der Waals surface area contributed by atoms with E-state index in [1.54, 1.807) is 18.2 Å². The molecule has 1 aromatic carbocycles. The summed E-state index contributed by atoms with van der Waals surface area (Å²) in [5.74, 6) is -0.547. The summed E-state index contributed by atoms with van der Waals surface area (Å²) < 4.78 is 4.75. The number of aliphatic hydroxyl groups excluding tert-OH is 2. The van der Waals surface area contributed by atoms with Crippen molar-refractivity contribution in [2.24, 2.45) is 0 Å². The van der Waals surface area contributed by atoms with Gasteiger partial charge in [-0.3, -0.25) is 0 Å². The summed E-state index contributed by atoms with van der Waals surface area (Å²) in [4.78, 5) is 13.8. The summed E-state index contributed by atoms with van der Waals surface area (Å²) in [5, 5.41) is 18.7. The van der Waals surface area contributed by atoms with E-state index in [0.717, 1.165) is 25.1 Å². The number of anilines is 1. The zero-order valence-electron chi connectivity index (χ0n) is 11.0. The molecule has 5 nitrogen and oxygen atoms in total. The van der Waals surface area contributed by atoms with E-state index < -0.39 is 12.3 Å². The van der Waals surface area contributed by atoms with Crippen molar-refractivity contribution in [1.29, 1.82) is 0 Å². The first kappa shape index (κ1) is 13.8. The van der Waals surface area contributed by atoms with Crippen LogP contribution in [-0.4, -0.2) is 41.7 Å². The van der Waals surface area contributed by atoms with Gasteiger partial charge in [0.2, 0.25) is 0 Å². The molecule has 5 heteroatoms. The predicted molar refractivity (Wildman–Crippen MR) is 71.0 cm³/mol. The van der Waals surface area contributed by atoms with Gasteiger partial charge in [0.25, 0.3) is 0 Å². The fourth-order valence-electron chi connectivity index (χ4n) is 2.24. The predicted octanol–water partition coefficient (Wildman–Crippen LogP) is 1.14. The number of esters is 1. The molecule has 2 N–H and O–H groups in total. The van der Waals surface area contributed by atoms with Crippen LogP contribution in [0.5, 0.6) is 0 Å². The third-order valence-corrected chi connectivity index (χ3v) is 3.12. The minimum absolute atomic E-state index is 0.318. The standard InChI is InChI=1S/C14H19NO4/c1-10(16)19-14(18)11-4-2-5-12(8-11)15-7-3-6-13(17)9-15/h2,4-5,8,10,13,16-17H,3,6-7,9H2,1H3. The third-order valence-electron chi connectivity index (χ3n) is 3.12. The number of carbonyl (C=O) groups is 1. The minimum Gasteiger partial charge on any atom is -0.433 e. The van der Waals surface area contributed by atoms with Gasteiger partial charge in [0.05, 0.1) is 11.7 Å². The van der Waals surface area contributed by atoms with E-state index in [9.17, 15) is 9.90 Å². The van der Waals surface area contributed by atoms with E-state index in [1.165, 1.54) is 6.92 Å². The average Bonchev–Trinajstić information content (AvgIpc) is 2.38. The van der Waals surface area contributed by atoms with Crippen LogP contribution in [0.2, 0.25) is 0 Å². The fourth-order valence-corrected chi connectivity index (χ4v) is 2.24. The van der Waals surface area contributed by atoms with Crippen molar-refractivity contribution in [3.63, 3.8) is 0 Å². The Morgan fingerprint density at radius 3 is 3.00 bits per heavy atom. The second-order valence-electron chi connectivity index (χ2n) is 4.80. The molecule has 1 fully saturated rings. The van der Waals surface area contributed by atoms with Gasteiger partial charge in [-0.1, -0.05) is 6.07 Å². The minimum atomic E-state index is -1.12. The van der Waals surface area contributed by atoms with E-state index in [1.807, 2.05) is 11.0 Å². The first-order chi connectivity index (χ1) is 9.06. The third kappa shape index (κ3) is 3.68. The second kappa shape index (κ2) is 6.04. The van der Waals surface area contributed by atoms with Crippen molar-refractivity contribution in [3.8, 4) is 0 Å². The average molecular weight is 265 g/mol. The Labute approximate surface area is 112 Å². The Bertz CT molecular complexity index is 447. The molecule has 0 aliphatic carbocycles. The number of piperidine rings is 1. The number of hydrogen-bond donors (Lipinski definition) is 2. The van der Waals surface area contributed by atoms with E-state index >= 15 is 0 Å². The van der Waals surface area contributed by atoms with Gasteiger partial charge in [-0.2, -0.15) is 0 Å². The maximum atomic E-state index is 11.7. The summed E-state index contributed by atoms with van der Waals surface area (Å²) in [7, 11) is 0. The number of β-amino-alcohol motifs (C(OH)–C–C–N with tert-alkyl or cyclic N) is 1. The van der Waals surface area contributed by atoms with Crippen LogP contribution in [0.15, 0.2) is 24.3 Å². The van der Waals surface area contributed by atoms with Crippen LogP contribution in [0.4, 0.5) is 5.69 Å². The molecule has 0 aromatic heterocycles. The van der Waals surface area contributed by atoms with Crippen LogP contribution >= 0.6 is 0 Å². The van der Waals surface area contributed by atoms with Crippen molar-refractivity contribution in [1.82, 2.24) is 0 Å². The highest BCUT2D eigenvalue weighted by atomic mass is 16.6. The summed E-state index contributed by atoms with van der Waals surface area (Å²) in [6.07, 6.45) is 0.318. The van der Waals surface area contributed by atoms with Crippen LogP contribution in [0.3, 0.4) is 0 Å². The zero-order valence-corrected chi connectivity index (χ0v) is 11.0. The summed E-state index contributed by atoms with van der Waals surface area (Å²) in [6.45, 7) is 2.84.